The summed E-state index contributed by atoms with van der Waals surface area (Å²) >= 11 is 5.91. The van der Waals surface area contributed by atoms with E-state index in [1.54, 1.807) is 24.4 Å². The number of methoxy groups -OCH3 is 1. The molecule has 40 heavy (non-hydrogen) atoms. The summed E-state index contributed by atoms with van der Waals surface area (Å²) in [6.45, 7) is 12.0. The summed E-state index contributed by atoms with van der Waals surface area (Å²) in [5.74, 6) is -0.981. The van der Waals surface area contributed by atoms with E-state index < -0.39 is 12.0 Å². The summed E-state index contributed by atoms with van der Waals surface area (Å²) in [4.78, 5) is 37.0. The number of rotatable bonds is 16. The van der Waals surface area contributed by atoms with E-state index in [4.69, 9.17) is 25.8 Å². The van der Waals surface area contributed by atoms with Gasteiger partial charge >= 0.3 is 5.97 Å². The summed E-state index contributed by atoms with van der Waals surface area (Å²) in [5, 5.41) is 6.23. The lowest BCUT2D eigenvalue weighted by atomic mass is 9.97. The average molecular weight is 577 g/mol. The van der Waals surface area contributed by atoms with Crippen molar-refractivity contribution in [1.29, 1.82) is 0 Å². The van der Waals surface area contributed by atoms with Gasteiger partial charge in [0.2, 0.25) is 11.8 Å². The van der Waals surface area contributed by atoms with Crippen molar-refractivity contribution in [3.05, 3.63) is 71.2 Å². The standard InChI is InChI=1S/C31H45ClN2O6/c1-8-39-25(16-15-24(6)32)13-11-19-33-30(36)29(21(2)3)34-28(35)14-10-9-12-22(4)20-23(5)26-17-18-27(38-7)31(37)40-26/h9-12,14-15,18-21,23,25-26,29H,8,13,16-17H2,1-7H3,(H,33,36)(H,34,35)/b12-9-,14-10-,19-11-,22-20+,24-15+/t23-,25+,26-,29-/m0/s1. The topological polar surface area (TPSA) is 103 Å². The van der Waals surface area contributed by atoms with Gasteiger partial charge in [0.25, 0.3) is 0 Å². The molecule has 0 fully saturated rings. The molecule has 0 radical (unpaired) electrons. The van der Waals surface area contributed by atoms with Crippen molar-refractivity contribution >= 4 is 29.4 Å². The van der Waals surface area contributed by atoms with Crippen molar-refractivity contribution in [3.63, 3.8) is 0 Å². The molecule has 0 bridgehead atoms. The Labute approximate surface area is 244 Å². The van der Waals surface area contributed by atoms with Crippen LogP contribution in [0.2, 0.25) is 0 Å². The Morgan fingerprint density at radius 2 is 1.88 bits per heavy atom. The van der Waals surface area contributed by atoms with E-state index in [9.17, 15) is 14.4 Å². The Bertz CT molecular complexity index is 1020. The molecule has 0 unspecified atom stereocenters. The van der Waals surface area contributed by atoms with Gasteiger partial charge in [0, 0.05) is 30.1 Å². The maximum Gasteiger partial charge on any atom is 0.373 e. The van der Waals surface area contributed by atoms with Crippen LogP contribution >= 0.6 is 11.6 Å². The van der Waals surface area contributed by atoms with Gasteiger partial charge in [0.15, 0.2) is 5.76 Å². The van der Waals surface area contributed by atoms with E-state index in [1.165, 1.54) is 13.2 Å². The zero-order chi connectivity index (χ0) is 30.1. The van der Waals surface area contributed by atoms with Gasteiger partial charge in [0.1, 0.15) is 12.1 Å². The molecule has 0 aliphatic carbocycles. The molecular weight excluding hydrogens is 532 g/mol. The minimum atomic E-state index is -0.691. The molecule has 0 saturated carbocycles. The number of nitrogens with one attached hydrogen (secondary N) is 2. The van der Waals surface area contributed by atoms with Crippen LogP contribution in [0.5, 0.6) is 0 Å². The number of hydrogen-bond acceptors (Lipinski definition) is 6. The highest BCUT2D eigenvalue weighted by Gasteiger charge is 2.27. The van der Waals surface area contributed by atoms with E-state index in [1.807, 2.05) is 65.8 Å². The predicted octanol–water partition coefficient (Wildman–Crippen LogP) is 5.63. The fourth-order valence-electron chi connectivity index (χ4n) is 3.92. The van der Waals surface area contributed by atoms with E-state index in [2.05, 4.69) is 10.6 Å². The molecule has 0 aromatic heterocycles. The van der Waals surface area contributed by atoms with Crippen molar-refractivity contribution in [3.8, 4) is 0 Å². The number of amides is 2. The molecule has 1 rings (SSSR count). The zero-order valence-corrected chi connectivity index (χ0v) is 25.5. The second kappa shape index (κ2) is 19.1. The second-order valence-electron chi connectivity index (χ2n) is 9.92. The smallest absolute Gasteiger partial charge is 0.373 e. The Hall–Kier alpha value is -3.10. The van der Waals surface area contributed by atoms with Gasteiger partial charge in [-0.2, -0.15) is 0 Å². The number of hydrogen-bond donors (Lipinski definition) is 2. The first kappa shape index (κ1) is 34.9. The molecule has 1 aliphatic rings. The third-order valence-electron chi connectivity index (χ3n) is 6.10. The number of carbonyl (C=O) groups excluding carboxylic acids is 3. The largest absolute Gasteiger partial charge is 0.490 e. The Balaban J connectivity index is 2.60. The molecular formula is C31H45ClN2O6. The number of esters is 1. The molecule has 1 aliphatic heterocycles. The van der Waals surface area contributed by atoms with Gasteiger partial charge in [-0.05, 0) is 51.8 Å². The lowest BCUT2D eigenvalue weighted by Crippen LogP contribution is -2.48. The molecule has 9 heteroatoms. The normalized spacial score (nSPS) is 19.1. The molecule has 2 amide bonds. The van der Waals surface area contributed by atoms with Gasteiger partial charge < -0.3 is 24.8 Å². The summed E-state index contributed by atoms with van der Waals surface area (Å²) in [7, 11) is 1.44. The first-order valence-corrected chi connectivity index (χ1v) is 14.0. The lowest BCUT2D eigenvalue weighted by molar-refractivity contribution is -0.151. The van der Waals surface area contributed by atoms with E-state index in [0.717, 1.165) is 5.57 Å². The van der Waals surface area contributed by atoms with Crippen LogP contribution < -0.4 is 10.6 Å². The molecule has 1 heterocycles. The van der Waals surface area contributed by atoms with Crippen LogP contribution in [0, 0.1) is 11.8 Å². The maximum absolute atomic E-state index is 12.7. The van der Waals surface area contributed by atoms with Crippen LogP contribution in [0.3, 0.4) is 0 Å². The van der Waals surface area contributed by atoms with E-state index in [-0.39, 0.29) is 41.6 Å². The fourth-order valence-corrected chi connectivity index (χ4v) is 4.00. The van der Waals surface area contributed by atoms with Crippen LogP contribution in [-0.2, 0) is 28.6 Å². The predicted molar refractivity (Wildman–Crippen MR) is 159 cm³/mol. The summed E-state index contributed by atoms with van der Waals surface area (Å²) < 4.78 is 16.1. The Morgan fingerprint density at radius 3 is 2.48 bits per heavy atom. The minimum Gasteiger partial charge on any atom is -0.490 e. The van der Waals surface area contributed by atoms with Gasteiger partial charge in [-0.25, -0.2) is 4.79 Å². The zero-order valence-electron chi connectivity index (χ0n) is 24.7. The molecule has 0 aromatic rings. The third-order valence-corrected chi connectivity index (χ3v) is 6.25. The average Bonchev–Trinajstić information content (AvgIpc) is 2.90. The van der Waals surface area contributed by atoms with Crippen molar-refractivity contribution in [1.82, 2.24) is 10.6 Å². The highest BCUT2D eigenvalue weighted by molar-refractivity contribution is 6.29. The van der Waals surface area contributed by atoms with Crippen LogP contribution in [0.15, 0.2) is 71.2 Å². The quantitative estimate of drug-likeness (QED) is 0.140. The summed E-state index contributed by atoms with van der Waals surface area (Å²) in [5.41, 5.74) is 0.960. The SMILES string of the molecule is CCO[C@H](C/C=C\NC(=O)[C@@H](NC(=O)\C=C/C=C\C(C)=C\[C@H](C)[C@@H]1CC=C(OC)C(=O)O1)C(C)C)C/C=C(\C)Cl. The van der Waals surface area contributed by atoms with E-state index in [0.29, 0.717) is 30.9 Å². The Morgan fingerprint density at radius 1 is 1.18 bits per heavy atom. The number of cyclic esters (lactones) is 1. The monoisotopic (exact) mass is 576 g/mol. The van der Waals surface area contributed by atoms with Crippen molar-refractivity contribution in [2.75, 3.05) is 13.7 Å². The van der Waals surface area contributed by atoms with Crippen molar-refractivity contribution < 1.29 is 28.6 Å². The van der Waals surface area contributed by atoms with Crippen molar-refractivity contribution in [2.45, 2.75) is 79.1 Å². The Kier molecular flexibility index (Phi) is 16.6. The molecule has 222 valence electrons. The van der Waals surface area contributed by atoms with E-state index >= 15 is 0 Å². The van der Waals surface area contributed by atoms with Crippen LogP contribution in [0.25, 0.3) is 0 Å². The molecule has 0 spiro atoms. The van der Waals surface area contributed by atoms with Crippen LogP contribution in [0.4, 0.5) is 0 Å². The first-order valence-electron chi connectivity index (χ1n) is 13.7. The first-order chi connectivity index (χ1) is 19.0. The highest BCUT2D eigenvalue weighted by atomic mass is 35.5. The molecule has 8 nitrogen and oxygen atoms in total. The van der Waals surface area contributed by atoms with Gasteiger partial charge in [-0.15, -0.1) is 0 Å². The van der Waals surface area contributed by atoms with Gasteiger partial charge in [-0.3, -0.25) is 9.59 Å². The number of carbonyl (C=O) groups is 3. The fraction of sp³-hybridized carbons (Fsp3) is 0.516. The summed E-state index contributed by atoms with van der Waals surface area (Å²) in [6, 6.07) is -0.691. The molecule has 0 aromatic carbocycles. The molecule has 2 N–H and O–H groups in total. The van der Waals surface area contributed by atoms with Crippen molar-refractivity contribution in [2.24, 2.45) is 11.8 Å². The minimum absolute atomic E-state index is 0.00614. The third kappa shape index (κ3) is 13.8. The second-order valence-corrected chi connectivity index (χ2v) is 10.5. The molecule has 4 atom stereocenters. The van der Waals surface area contributed by atoms with Crippen LogP contribution in [0.1, 0.15) is 60.8 Å². The summed E-state index contributed by atoms with van der Waals surface area (Å²) in [6.07, 6.45) is 17.3. The van der Waals surface area contributed by atoms with Crippen LogP contribution in [-0.4, -0.2) is 49.8 Å². The van der Waals surface area contributed by atoms with Gasteiger partial charge in [0.05, 0.1) is 13.2 Å². The lowest BCUT2D eigenvalue weighted by Gasteiger charge is -2.25. The number of allylic oxidation sites excluding steroid dienone is 5. The maximum atomic E-state index is 12.7. The number of halogens is 1. The van der Waals surface area contributed by atoms with Gasteiger partial charge in [-0.1, -0.05) is 74.4 Å². The molecule has 0 saturated heterocycles. The highest BCUT2D eigenvalue weighted by Crippen LogP contribution is 2.22. The number of ether oxygens (including phenoxy) is 3.